The van der Waals surface area contributed by atoms with Crippen molar-refractivity contribution in [3.8, 4) is 0 Å². The number of benzene rings is 1. The van der Waals surface area contributed by atoms with Crippen molar-refractivity contribution in [1.29, 1.82) is 0 Å². The number of allylic oxidation sites excluding steroid dienone is 1. The highest BCUT2D eigenvalue weighted by molar-refractivity contribution is 5.70. The second kappa shape index (κ2) is 6.84. The Morgan fingerprint density at radius 1 is 1.53 bits per heavy atom. The molecule has 0 radical (unpaired) electrons. The third-order valence-corrected chi connectivity index (χ3v) is 2.68. The smallest absolute Gasteiger partial charge is 0.306 e. The van der Waals surface area contributed by atoms with E-state index in [9.17, 15) is 9.18 Å². The third kappa shape index (κ3) is 4.81. The lowest BCUT2D eigenvalue weighted by molar-refractivity contribution is -0.141. The van der Waals surface area contributed by atoms with Crippen molar-refractivity contribution in [3.63, 3.8) is 0 Å². The van der Waals surface area contributed by atoms with Crippen molar-refractivity contribution in [2.75, 3.05) is 0 Å². The Kier molecular flexibility index (Phi) is 5.40. The van der Waals surface area contributed by atoms with Gasteiger partial charge in [0.25, 0.3) is 0 Å². The van der Waals surface area contributed by atoms with E-state index in [1.807, 2.05) is 0 Å². The molecule has 92 valence electrons. The zero-order valence-corrected chi connectivity index (χ0v) is 9.73. The summed E-state index contributed by atoms with van der Waals surface area (Å²) in [5.41, 5.74) is 0.732. The van der Waals surface area contributed by atoms with Crippen LogP contribution in [0.15, 0.2) is 36.9 Å². The summed E-state index contributed by atoms with van der Waals surface area (Å²) in [7, 11) is 0. The van der Waals surface area contributed by atoms with E-state index in [0.717, 1.165) is 18.4 Å². The molecule has 2 nitrogen and oxygen atoms in total. The number of hydrogen-bond acceptors (Lipinski definition) is 1. The first-order chi connectivity index (χ1) is 8.13. The molecule has 0 amide bonds. The molecule has 0 bridgehead atoms. The number of aliphatic carboxylic acids is 1. The van der Waals surface area contributed by atoms with Gasteiger partial charge in [-0.25, -0.2) is 4.39 Å². The molecule has 1 atom stereocenters. The van der Waals surface area contributed by atoms with E-state index in [1.165, 1.54) is 12.1 Å². The number of carbonyl (C=O) groups is 1. The van der Waals surface area contributed by atoms with E-state index in [-0.39, 0.29) is 5.82 Å². The molecule has 0 saturated heterocycles. The topological polar surface area (TPSA) is 37.3 Å². The molecule has 1 unspecified atom stereocenters. The van der Waals surface area contributed by atoms with Crippen molar-refractivity contribution in [1.82, 2.24) is 0 Å². The minimum atomic E-state index is -0.821. The number of carboxylic acids is 1. The first kappa shape index (κ1) is 13.4. The largest absolute Gasteiger partial charge is 0.481 e. The SMILES string of the molecule is C=CCCCC(Cc1cccc(F)c1)C(=O)O. The molecule has 1 aromatic rings. The van der Waals surface area contributed by atoms with E-state index >= 15 is 0 Å². The standard InChI is InChI=1S/C14H17FO2/c1-2-3-4-7-12(14(16)17)9-11-6-5-8-13(15)10-11/h2,5-6,8,10,12H,1,3-4,7,9H2,(H,16,17). The number of hydrogen-bond donors (Lipinski definition) is 1. The summed E-state index contributed by atoms with van der Waals surface area (Å²) in [5, 5.41) is 9.08. The van der Waals surface area contributed by atoms with E-state index in [2.05, 4.69) is 6.58 Å². The number of halogens is 1. The minimum Gasteiger partial charge on any atom is -0.481 e. The fourth-order valence-corrected chi connectivity index (χ4v) is 1.77. The fourth-order valence-electron chi connectivity index (χ4n) is 1.77. The van der Waals surface area contributed by atoms with Crippen LogP contribution >= 0.6 is 0 Å². The molecule has 1 N–H and O–H groups in total. The van der Waals surface area contributed by atoms with Gasteiger partial charge in [0, 0.05) is 0 Å². The first-order valence-electron chi connectivity index (χ1n) is 5.71. The minimum absolute atomic E-state index is 0.322. The molecule has 0 aliphatic carbocycles. The van der Waals surface area contributed by atoms with Gasteiger partial charge in [0.05, 0.1) is 5.92 Å². The summed E-state index contributed by atoms with van der Waals surface area (Å²) in [6, 6.07) is 6.11. The zero-order chi connectivity index (χ0) is 12.7. The Morgan fingerprint density at radius 3 is 2.88 bits per heavy atom. The summed E-state index contributed by atoms with van der Waals surface area (Å²) in [6.45, 7) is 3.60. The number of carboxylic acid groups (broad SMARTS) is 1. The molecule has 0 heterocycles. The summed E-state index contributed by atoms with van der Waals surface area (Å²) in [6.07, 6.45) is 4.37. The normalized spacial score (nSPS) is 12.1. The van der Waals surface area contributed by atoms with Crippen molar-refractivity contribution >= 4 is 5.97 Å². The van der Waals surface area contributed by atoms with Crippen LogP contribution in [0.4, 0.5) is 4.39 Å². The summed E-state index contributed by atoms with van der Waals surface area (Å²) >= 11 is 0. The van der Waals surface area contributed by atoms with Gasteiger partial charge in [0.1, 0.15) is 5.82 Å². The molecular formula is C14H17FO2. The van der Waals surface area contributed by atoms with Gasteiger partial charge < -0.3 is 5.11 Å². The molecule has 0 spiro atoms. The predicted molar refractivity (Wildman–Crippen MR) is 65.3 cm³/mol. The van der Waals surface area contributed by atoms with E-state index in [4.69, 9.17) is 5.11 Å². The van der Waals surface area contributed by atoms with Gasteiger partial charge in [-0.15, -0.1) is 6.58 Å². The molecular weight excluding hydrogens is 219 g/mol. The molecule has 1 aromatic carbocycles. The van der Waals surface area contributed by atoms with Gasteiger partial charge in [-0.05, 0) is 43.4 Å². The number of unbranched alkanes of at least 4 members (excludes halogenated alkanes) is 1. The van der Waals surface area contributed by atoms with Crippen molar-refractivity contribution in [2.24, 2.45) is 5.92 Å². The maximum Gasteiger partial charge on any atom is 0.306 e. The third-order valence-electron chi connectivity index (χ3n) is 2.68. The summed E-state index contributed by atoms with van der Waals surface area (Å²) in [4.78, 5) is 11.1. The average molecular weight is 236 g/mol. The lowest BCUT2D eigenvalue weighted by Gasteiger charge is -2.11. The van der Waals surface area contributed by atoms with Crippen LogP contribution in [0.5, 0.6) is 0 Å². The molecule has 17 heavy (non-hydrogen) atoms. The lowest BCUT2D eigenvalue weighted by atomic mass is 9.94. The van der Waals surface area contributed by atoms with Gasteiger partial charge >= 0.3 is 5.97 Å². The van der Waals surface area contributed by atoms with Crippen LogP contribution in [0.2, 0.25) is 0 Å². The quantitative estimate of drug-likeness (QED) is 0.581. The van der Waals surface area contributed by atoms with Crippen LogP contribution in [0.3, 0.4) is 0 Å². The Bertz CT molecular complexity index is 388. The van der Waals surface area contributed by atoms with Gasteiger partial charge in [-0.1, -0.05) is 18.2 Å². The molecule has 0 aliphatic rings. The second-order valence-corrected chi connectivity index (χ2v) is 4.09. The van der Waals surface area contributed by atoms with E-state index in [0.29, 0.717) is 12.8 Å². The molecule has 0 fully saturated rings. The highest BCUT2D eigenvalue weighted by atomic mass is 19.1. The van der Waals surface area contributed by atoms with Crippen LogP contribution in [-0.4, -0.2) is 11.1 Å². The molecule has 0 aromatic heterocycles. The Labute approximate surface area is 101 Å². The predicted octanol–water partition coefficient (Wildman–Crippen LogP) is 3.43. The molecule has 0 saturated carbocycles. The van der Waals surface area contributed by atoms with Gasteiger partial charge in [-0.2, -0.15) is 0 Å². The van der Waals surface area contributed by atoms with Gasteiger partial charge in [0.15, 0.2) is 0 Å². The number of rotatable bonds is 7. The van der Waals surface area contributed by atoms with Crippen LogP contribution in [0, 0.1) is 11.7 Å². The second-order valence-electron chi connectivity index (χ2n) is 4.09. The highest BCUT2D eigenvalue weighted by Crippen LogP contribution is 2.16. The van der Waals surface area contributed by atoms with Crippen LogP contribution in [-0.2, 0) is 11.2 Å². The monoisotopic (exact) mass is 236 g/mol. The Hall–Kier alpha value is -1.64. The van der Waals surface area contributed by atoms with Gasteiger partial charge in [0.2, 0.25) is 0 Å². The van der Waals surface area contributed by atoms with Crippen molar-refractivity contribution < 1.29 is 14.3 Å². The summed E-state index contributed by atoms with van der Waals surface area (Å²) in [5.74, 6) is -1.59. The summed E-state index contributed by atoms with van der Waals surface area (Å²) < 4.78 is 13.0. The van der Waals surface area contributed by atoms with Crippen molar-refractivity contribution in [2.45, 2.75) is 25.7 Å². The zero-order valence-electron chi connectivity index (χ0n) is 9.73. The maximum absolute atomic E-state index is 13.0. The molecule has 0 aliphatic heterocycles. The maximum atomic E-state index is 13.0. The van der Waals surface area contributed by atoms with Crippen LogP contribution < -0.4 is 0 Å². The first-order valence-corrected chi connectivity index (χ1v) is 5.71. The fraction of sp³-hybridized carbons (Fsp3) is 0.357. The van der Waals surface area contributed by atoms with Crippen molar-refractivity contribution in [3.05, 3.63) is 48.3 Å². The lowest BCUT2D eigenvalue weighted by Crippen LogP contribution is -2.16. The van der Waals surface area contributed by atoms with E-state index < -0.39 is 11.9 Å². The Balaban J connectivity index is 2.60. The highest BCUT2D eigenvalue weighted by Gasteiger charge is 2.17. The van der Waals surface area contributed by atoms with Gasteiger partial charge in [-0.3, -0.25) is 4.79 Å². The van der Waals surface area contributed by atoms with Crippen LogP contribution in [0.25, 0.3) is 0 Å². The van der Waals surface area contributed by atoms with E-state index in [1.54, 1.807) is 18.2 Å². The average Bonchev–Trinajstić information content (AvgIpc) is 2.28. The molecule has 3 heteroatoms. The Morgan fingerprint density at radius 2 is 2.29 bits per heavy atom. The molecule has 1 rings (SSSR count). The van der Waals surface area contributed by atoms with Crippen LogP contribution in [0.1, 0.15) is 24.8 Å².